The van der Waals surface area contributed by atoms with E-state index in [2.05, 4.69) is 26.0 Å². The van der Waals surface area contributed by atoms with E-state index in [1.54, 1.807) is 0 Å². The molecular weight excluding hydrogens is 236 g/mol. The van der Waals surface area contributed by atoms with Gasteiger partial charge in [-0.05, 0) is 30.2 Å². The fourth-order valence-corrected chi connectivity index (χ4v) is 2.63. The lowest BCUT2D eigenvalue weighted by Crippen LogP contribution is -2.43. The summed E-state index contributed by atoms with van der Waals surface area (Å²) in [5.74, 6) is 1.29. The van der Waals surface area contributed by atoms with Gasteiger partial charge in [0.15, 0.2) is 0 Å². The number of hydrogen-bond donors (Lipinski definition) is 1. The van der Waals surface area contributed by atoms with Crippen LogP contribution < -0.4 is 5.73 Å². The van der Waals surface area contributed by atoms with Crippen LogP contribution >= 0.6 is 0 Å². The molecule has 2 unspecified atom stereocenters. The molecule has 0 radical (unpaired) electrons. The Labute approximate surface area is 115 Å². The van der Waals surface area contributed by atoms with Crippen molar-refractivity contribution in [2.24, 2.45) is 17.6 Å². The summed E-state index contributed by atoms with van der Waals surface area (Å²) in [6, 6.07) is 9.84. The van der Waals surface area contributed by atoms with E-state index >= 15 is 0 Å². The second kappa shape index (κ2) is 6.20. The first-order chi connectivity index (χ1) is 9.08. The molecule has 1 aliphatic heterocycles. The maximum absolute atomic E-state index is 12.3. The number of carbonyl (C=O) groups is 1. The molecule has 1 aliphatic rings. The Morgan fingerprint density at radius 1 is 1.26 bits per heavy atom. The molecule has 3 heteroatoms. The quantitative estimate of drug-likeness (QED) is 0.900. The summed E-state index contributed by atoms with van der Waals surface area (Å²) in [4.78, 5) is 14.2. The SMILES string of the molecule is CC1CN(C(=O)[C@@H](N)CCc2ccccc2)CC1C. The van der Waals surface area contributed by atoms with Gasteiger partial charge in [-0.3, -0.25) is 4.79 Å². The van der Waals surface area contributed by atoms with Crippen molar-refractivity contribution in [3.63, 3.8) is 0 Å². The Hall–Kier alpha value is -1.35. The molecule has 2 rings (SSSR count). The predicted molar refractivity (Wildman–Crippen MR) is 77.6 cm³/mol. The number of amides is 1. The number of aryl methyl sites for hydroxylation is 1. The highest BCUT2D eigenvalue weighted by atomic mass is 16.2. The van der Waals surface area contributed by atoms with Gasteiger partial charge in [-0.2, -0.15) is 0 Å². The monoisotopic (exact) mass is 260 g/mol. The van der Waals surface area contributed by atoms with Crippen LogP contribution in [0.1, 0.15) is 25.8 Å². The molecule has 104 valence electrons. The lowest BCUT2D eigenvalue weighted by Gasteiger charge is -2.20. The fourth-order valence-electron chi connectivity index (χ4n) is 2.63. The Balaban J connectivity index is 1.83. The van der Waals surface area contributed by atoms with Crippen LogP contribution in [-0.4, -0.2) is 29.9 Å². The molecule has 3 nitrogen and oxygen atoms in total. The smallest absolute Gasteiger partial charge is 0.239 e. The van der Waals surface area contributed by atoms with Crippen LogP contribution in [-0.2, 0) is 11.2 Å². The first kappa shape index (κ1) is 14.1. The van der Waals surface area contributed by atoms with Crippen LogP contribution in [0.15, 0.2) is 30.3 Å². The summed E-state index contributed by atoms with van der Waals surface area (Å²) >= 11 is 0. The molecule has 0 bridgehead atoms. The molecular formula is C16H24N2O. The highest BCUT2D eigenvalue weighted by Crippen LogP contribution is 2.22. The van der Waals surface area contributed by atoms with E-state index in [0.29, 0.717) is 11.8 Å². The zero-order valence-electron chi connectivity index (χ0n) is 11.9. The van der Waals surface area contributed by atoms with E-state index in [9.17, 15) is 4.79 Å². The van der Waals surface area contributed by atoms with E-state index in [4.69, 9.17) is 5.73 Å². The van der Waals surface area contributed by atoms with Crippen molar-refractivity contribution >= 4 is 5.91 Å². The third-order valence-corrected chi connectivity index (χ3v) is 4.20. The van der Waals surface area contributed by atoms with Crippen molar-refractivity contribution < 1.29 is 4.79 Å². The van der Waals surface area contributed by atoms with Gasteiger partial charge in [-0.1, -0.05) is 44.2 Å². The number of benzene rings is 1. The topological polar surface area (TPSA) is 46.3 Å². The van der Waals surface area contributed by atoms with E-state index < -0.39 is 0 Å². The van der Waals surface area contributed by atoms with Gasteiger partial charge < -0.3 is 10.6 Å². The molecule has 1 heterocycles. The first-order valence-corrected chi connectivity index (χ1v) is 7.16. The molecule has 0 spiro atoms. The van der Waals surface area contributed by atoms with Gasteiger partial charge >= 0.3 is 0 Å². The molecule has 2 N–H and O–H groups in total. The maximum atomic E-state index is 12.3. The Kier molecular flexibility index (Phi) is 4.59. The molecule has 1 aromatic rings. The minimum atomic E-state index is -0.363. The van der Waals surface area contributed by atoms with Crippen molar-refractivity contribution in [2.75, 3.05) is 13.1 Å². The summed E-state index contributed by atoms with van der Waals surface area (Å²) in [6.45, 7) is 6.12. The lowest BCUT2D eigenvalue weighted by molar-refractivity contribution is -0.131. The Morgan fingerprint density at radius 2 is 1.84 bits per heavy atom. The predicted octanol–water partition coefficient (Wildman–Crippen LogP) is 2.06. The van der Waals surface area contributed by atoms with Crippen LogP contribution in [0.5, 0.6) is 0 Å². The third-order valence-electron chi connectivity index (χ3n) is 4.20. The van der Waals surface area contributed by atoms with Crippen molar-refractivity contribution in [3.8, 4) is 0 Å². The minimum absolute atomic E-state index is 0.118. The third kappa shape index (κ3) is 3.57. The van der Waals surface area contributed by atoms with Gasteiger partial charge in [0.25, 0.3) is 0 Å². The van der Waals surface area contributed by atoms with Gasteiger partial charge in [-0.25, -0.2) is 0 Å². The number of nitrogens with two attached hydrogens (primary N) is 1. The summed E-state index contributed by atoms with van der Waals surface area (Å²) in [6.07, 6.45) is 1.59. The molecule has 19 heavy (non-hydrogen) atoms. The molecule has 1 saturated heterocycles. The molecule has 0 aromatic heterocycles. The number of carbonyl (C=O) groups excluding carboxylic acids is 1. The van der Waals surface area contributed by atoms with Gasteiger partial charge in [0.1, 0.15) is 0 Å². The second-order valence-corrected chi connectivity index (χ2v) is 5.83. The Morgan fingerprint density at radius 3 is 2.42 bits per heavy atom. The zero-order chi connectivity index (χ0) is 13.8. The van der Waals surface area contributed by atoms with E-state index in [1.807, 2.05) is 23.1 Å². The largest absolute Gasteiger partial charge is 0.341 e. The molecule has 1 amide bonds. The van der Waals surface area contributed by atoms with Crippen LogP contribution in [0.4, 0.5) is 0 Å². The summed E-state index contributed by atoms with van der Waals surface area (Å²) < 4.78 is 0. The van der Waals surface area contributed by atoms with Crippen molar-refractivity contribution in [3.05, 3.63) is 35.9 Å². The first-order valence-electron chi connectivity index (χ1n) is 7.16. The summed E-state index contributed by atoms with van der Waals surface area (Å²) in [7, 11) is 0. The van der Waals surface area contributed by atoms with Crippen molar-refractivity contribution in [1.82, 2.24) is 4.90 Å². The van der Waals surface area contributed by atoms with E-state index in [1.165, 1.54) is 5.56 Å². The molecule has 0 aliphatic carbocycles. The molecule has 0 saturated carbocycles. The van der Waals surface area contributed by atoms with Crippen LogP contribution in [0.2, 0.25) is 0 Å². The average Bonchev–Trinajstić information content (AvgIpc) is 2.76. The maximum Gasteiger partial charge on any atom is 0.239 e. The highest BCUT2D eigenvalue weighted by molar-refractivity contribution is 5.81. The number of hydrogen-bond acceptors (Lipinski definition) is 2. The van der Waals surface area contributed by atoms with E-state index in [0.717, 1.165) is 25.9 Å². The standard InChI is InChI=1S/C16H24N2O/c1-12-10-18(11-13(12)2)16(19)15(17)9-8-14-6-4-3-5-7-14/h3-7,12-13,15H,8-11,17H2,1-2H3/t12?,13?,15-/m0/s1. The summed E-state index contributed by atoms with van der Waals surface area (Å²) in [5.41, 5.74) is 7.29. The Bertz CT molecular complexity index is 408. The molecule has 3 atom stereocenters. The lowest BCUT2D eigenvalue weighted by atomic mass is 10.0. The van der Waals surface area contributed by atoms with Gasteiger partial charge in [0, 0.05) is 13.1 Å². The minimum Gasteiger partial charge on any atom is -0.341 e. The van der Waals surface area contributed by atoms with Crippen LogP contribution in [0.3, 0.4) is 0 Å². The zero-order valence-corrected chi connectivity index (χ0v) is 11.9. The second-order valence-electron chi connectivity index (χ2n) is 5.83. The normalized spacial score (nSPS) is 24.5. The van der Waals surface area contributed by atoms with Crippen LogP contribution in [0, 0.1) is 11.8 Å². The number of likely N-dealkylation sites (tertiary alicyclic amines) is 1. The van der Waals surface area contributed by atoms with Gasteiger partial charge in [0.05, 0.1) is 6.04 Å². The highest BCUT2D eigenvalue weighted by Gasteiger charge is 2.31. The number of rotatable bonds is 4. The number of nitrogens with zero attached hydrogens (tertiary/aromatic N) is 1. The molecule has 1 aromatic carbocycles. The molecule has 1 fully saturated rings. The van der Waals surface area contributed by atoms with Gasteiger partial charge in [0.2, 0.25) is 5.91 Å². The van der Waals surface area contributed by atoms with Crippen molar-refractivity contribution in [1.29, 1.82) is 0 Å². The fraction of sp³-hybridized carbons (Fsp3) is 0.562. The summed E-state index contributed by atoms with van der Waals surface area (Å²) in [5, 5.41) is 0. The van der Waals surface area contributed by atoms with Crippen molar-refractivity contribution in [2.45, 2.75) is 32.7 Å². The van der Waals surface area contributed by atoms with Crippen LogP contribution in [0.25, 0.3) is 0 Å². The average molecular weight is 260 g/mol. The van der Waals surface area contributed by atoms with Gasteiger partial charge in [-0.15, -0.1) is 0 Å². The van der Waals surface area contributed by atoms with E-state index in [-0.39, 0.29) is 11.9 Å².